The minimum atomic E-state index is -0.142. The molecule has 1 saturated heterocycles. The van der Waals surface area contributed by atoms with Crippen LogP contribution in [-0.4, -0.2) is 46.5 Å². The van der Waals surface area contributed by atoms with Gasteiger partial charge < -0.3 is 14.2 Å². The maximum atomic E-state index is 13.3. The Labute approximate surface area is 166 Å². The smallest absolute Gasteiger partial charge is 0.330 e. The number of halogens is 1. The fraction of sp³-hybridized carbons (Fsp3) is 0.421. The molecule has 3 heterocycles. The van der Waals surface area contributed by atoms with Crippen LogP contribution in [0.15, 0.2) is 29.2 Å². The van der Waals surface area contributed by atoms with Crippen LogP contribution < -0.4 is 15.2 Å². The lowest BCUT2D eigenvalue weighted by molar-refractivity contribution is 0.0695. The number of methoxy groups -OCH3 is 2. The lowest BCUT2D eigenvalue weighted by atomic mass is 10.1. The number of hydrogen-bond acceptors (Lipinski definition) is 6. The zero-order valence-electron chi connectivity index (χ0n) is 15.7. The summed E-state index contributed by atoms with van der Waals surface area (Å²) in [5, 5.41) is 0.118. The Morgan fingerprint density at radius 1 is 1.25 bits per heavy atom. The molecule has 0 radical (unpaired) electrons. The summed E-state index contributed by atoms with van der Waals surface area (Å²) in [6.45, 7) is 1.56. The van der Waals surface area contributed by atoms with E-state index in [0.717, 1.165) is 18.4 Å². The van der Waals surface area contributed by atoms with Crippen LogP contribution in [-0.2, 0) is 11.3 Å². The molecule has 0 aliphatic carbocycles. The minimum absolute atomic E-state index is 0.0220. The Kier molecular flexibility index (Phi) is 5.23. The van der Waals surface area contributed by atoms with E-state index in [2.05, 4.69) is 9.97 Å². The number of imidazole rings is 1. The van der Waals surface area contributed by atoms with Gasteiger partial charge in [-0.05, 0) is 36.6 Å². The van der Waals surface area contributed by atoms with Crippen molar-refractivity contribution < 1.29 is 14.2 Å². The summed E-state index contributed by atoms with van der Waals surface area (Å²) in [7, 11) is 3.19. The number of hydrogen-bond donors (Lipinski definition) is 0. The van der Waals surface area contributed by atoms with Crippen molar-refractivity contribution in [2.45, 2.75) is 25.4 Å². The van der Waals surface area contributed by atoms with Crippen LogP contribution >= 0.6 is 11.6 Å². The number of benzene rings is 1. The lowest BCUT2D eigenvalue weighted by Gasteiger charge is -2.22. The number of aromatic nitrogens is 4. The molecule has 0 N–H and O–H groups in total. The molecule has 148 valence electrons. The standard InChI is InChI=1S/C19H21ClN4O4/c1-26-14-4-3-12(16(9-14)27-2)11-23-15-10-21-18(20)22-17(15)24(19(23)25)13-5-7-28-8-6-13/h3-4,9-10,13H,5-8,11H2,1-2H3. The molecule has 1 aliphatic rings. The first kappa shape index (κ1) is 18.8. The fourth-order valence-electron chi connectivity index (χ4n) is 3.62. The highest BCUT2D eigenvalue weighted by Crippen LogP contribution is 2.28. The molecule has 1 fully saturated rings. The van der Waals surface area contributed by atoms with Gasteiger partial charge in [-0.2, -0.15) is 4.98 Å². The van der Waals surface area contributed by atoms with E-state index in [1.54, 1.807) is 35.6 Å². The van der Waals surface area contributed by atoms with E-state index in [1.807, 2.05) is 12.1 Å². The van der Waals surface area contributed by atoms with Gasteiger partial charge in [-0.3, -0.25) is 9.13 Å². The molecule has 1 aromatic carbocycles. The molecule has 1 aliphatic heterocycles. The van der Waals surface area contributed by atoms with Crippen molar-refractivity contribution in [3.8, 4) is 11.5 Å². The quantitative estimate of drug-likeness (QED) is 0.608. The molecular formula is C19H21ClN4O4. The van der Waals surface area contributed by atoms with Crippen molar-refractivity contribution in [1.82, 2.24) is 19.1 Å². The third-order valence-corrected chi connectivity index (χ3v) is 5.24. The number of nitrogens with zero attached hydrogens (tertiary/aromatic N) is 4. The molecular weight excluding hydrogens is 384 g/mol. The van der Waals surface area contributed by atoms with Gasteiger partial charge in [-0.15, -0.1) is 0 Å². The van der Waals surface area contributed by atoms with Gasteiger partial charge in [0.2, 0.25) is 5.28 Å². The molecule has 28 heavy (non-hydrogen) atoms. The molecule has 0 saturated carbocycles. The second kappa shape index (κ2) is 7.81. The second-order valence-electron chi connectivity index (χ2n) is 6.61. The average molecular weight is 405 g/mol. The maximum absolute atomic E-state index is 13.3. The molecule has 2 aromatic heterocycles. The lowest BCUT2D eigenvalue weighted by Crippen LogP contribution is -2.31. The third kappa shape index (κ3) is 3.33. The topological polar surface area (TPSA) is 80.4 Å². The van der Waals surface area contributed by atoms with E-state index in [-0.39, 0.29) is 17.0 Å². The Balaban J connectivity index is 1.84. The number of ether oxygens (including phenoxy) is 3. The Bertz CT molecular complexity index is 1060. The molecule has 8 nitrogen and oxygen atoms in total. The molecule has 0 unspecified atom stereocenters. The summed E-state index contributed by atoms with van der Waals surface area (Å²) in [6, 6.07) is 5.55. The van der Waals surface area contributed by atoms with Crippen LogP contribution in [0.4, 0.5) is 0 Å². The van der Waals surface area contributed by atoms with E-state index < -0.39 is 0 Å². The molecule has 4 rings (SSSR count). The zero-order valence-corrected chi connectivity index (χ0v) is 16.5. The Hall–Kier alpha value is -2.58. The monoisotopic (exact) mass is 404 g/mol. The van der Waals surface area contributed by atoms with Crippen LogP contribution in [0.5, 0.6) is 11.5 Å². The van der Waals surface area contributed by atoms with Crippen LogP contribution in [0.2, 0.25) is 5.28 Å². The van der Waals surface area contributed by atoms with Crippen LogP contribution in [0.3, 0.4) is 0 Å². The van der Waals surface area contributed by atoms with Crippen molar-refractivity contribution in [2.24, 2.45) is 0 Å². The first-order chi connectivity index (χ1) is 13.6. The van der Waals surface area contributed by atoms with Crippen LogP contribution in [0.1, 0.15) is 24.4 Å². The highest BCUT2D eigenvalue weighted by Gasteiger charge is 2.24. The van der Waals surface area contributed by atoms with Gasteiger partial charge >= 0.3 is 5.69 Å². The fourth-order valence-corrected chi connectivity index (χ4v) is 3.74. The van der Waals surface area contributed by atoms with Crippen LogP contribution in [0.25, 0.3) is 11.2 Å². The third-order valence-electron chi connectivity index (χ3n) is 5.06. The van der Waals surface area contributed by atoms with Gasteiger partial charge in [0.15, 0.2) is 5.65 Å². The van der Waals surface area contributed by atoms with E-state index in [4.69, 9.17) is 25.8 Å². The first-order valence-corrected chi connectivity index (χ1v) is 9.42. The van der Waals surface area contributed by atoms with Gasteiger partial charge in [-0.25, -0.2) is 9.78 Å². The van der Waals surface area contributed by atoms with E-state index in [0.29, 0.717) is 42.4 Å². The van der Waals surface area contributed by atoms with Gasteiger partial charge in [0.1, 0.15) is 17.0 Å². The van der Waals surface area contributed by atoms with Crippen molar-refractivity contribution in [1.29, 1.82) is 0 Å². The van der Waals surface area contributed by atoms with Crippen molar-refractivity contribution in [3.05, 3.63) is 45.7 Å². The first-order valence-electron chi connectivity index (χ1n) is 9.04. The normalized spacial score (nSPS) is 15.1. The van der Waals surface area contributed by atoms with Gasteiger partial charge in [0, 0.05) is 30.9 Å². The largest absolute Gasteiger partial charge is 0.497 e. The number of fused-ring (bicyclic) bond motifs is 1. The maximum Gasteiger partial charge on any atom is 0.330 e. The summed E-state index contributed by atoms with van der Waals surface area (Å²) in [5.74, 6) is 1.33. The van der Waals surface area contributed by atoms with Crippen molar-refractivity contribution in [2.75, 3.05) is 27.4 Å². The summed E-state index contributed by atoms with van der Waals surface area (Å²) in [6.07, 6.45) is 3.11. The van der Waals surface area contributed by atoms with E-state index in [9.17, 15) is 4.79 Å². The molecule has 0 atom stereocenters. The van der Waals surface area contributed by atoms with E-state index >= 15 is 0 Å². The van der Waals surface area contributed by atoms with Gasteiger partial charge in [0.25, 0.3) is 0 Å². The zero-order chi connectivity index (χ0) is 19.7. The molecule has 0 bridgehead atoms. The highest BCUT2D eigenvalue weighted by molar-refractivity contribution is 6.28. The summed E-state index contributed by atoms with van der Waals surface area (Å²) >= 11 is 6.03. The van der Waals surface area contributed by atoms with Crippen molar-refractivity contribution in [3.63, 3.8) is 0 Å². The minimum Gasteiger partial charge on any atom is -0.497 e. The SMILES string of the molecule is COc1ccc(Cn2c(=O)n(C3CCOCC3)c3nc(Cl)ncc32)c(OC)c1. The molecule has 0 spiro atoms. The van der Waals surface area contributed by atoms with E-state index in [1.165, 1.54) is 0 Å². The predicted octanol–water partition coefficient (Wildman–Crippen LogP) is 2.66. The predicted molar refractivity (Wildman–Crippen MR) is 105 cm³/mol. The molecule has 3 aromatic rings. The molecule has 0 amide bonds. The summed E-state index contributed by atoms with van der Waals surface area (Å²) in [5.41, 5.74) is 1.89. The highest BCUT2D eigenvalue weighted by atomic mass is 35.5. The summed E-state index contributed by atoms with van der Waals surface area (Å²) in [4.78, 5) is 21.8. The van der Waals surface area contributed by atoms with Gasteiger partial charge in [-0.1, -0.05) is 0 Å². The van der Waals surface area contributed by atoms with Crippen LogP contribution in [0, 0.1) is 0 Å². The van der Waals surface area contributed by atoms with Crippen molar-refractivity contribution >= 4 is 22.8 Å². The summed E-state index contributed by atoms with van der Waals surface area (Å²) < 4.78 is 19.6. The Morgan fingerprint density at radius 2 is 2.04 bits per heavy atom. The number of rotatable bonds is 5. The average Bonchev–Trinajstić information content (AvgIpc) is 2.99. The Morgan fingerprint density at radius 3 is 2.75 bits per heavy atom. The van der Waals surface area contributed by atoms with Gasteiger partial charge in [0.05, 0.1) is 27.0 Å². The molecule has 9 heteroatoms. The second-order valence-corrected chi connectivity index (χ2v) is 6.95.